The molecule has 0 nitrogen and oxygen atoms in total. The largest absolute Gasteiger partial charge is 0.151 e. The normalized spacial score (nSPS) is 14.7. The van der Waals surface area contributed by atoms with Gasteiger partial charge in [0.2, 0.25) is 0 Å². The highest BCUT2D eigenvalue weighted by Gasteiger charge is 2.50. The Morgan fingerprint density at radius 2 is 0.676 bits per heavy atom. The van der Waals surface area contributed by atoms with E-state index in [4.69, 9.17) is 0 Å². The predicted molar refractivity (Wildman–Crippen MR) is 162 cm³/mol. The van der Waals surface area contributed by atoms with Crippen molar-refractivity contribution in [2.45, 2.75) is 13.0 Å². The van der Waals surface area contributed by atoms with Crippen LogP contribution < -0.4 is 5.19 Å². The molecule has 0 fully saturated rings. The minimum Gasteiger partial charge on any atom is -0.0669 e. The molecule has 178 valence electrons. The number of hydrogen-bond donors (Lipinski definition) is 0. The van der Waals surface area contributed by atoms with Gasteiger partial charge in [-0.3, -0.25) is 0 Å². The summed E-state index contributed by atoms with van der Waals surface area (Å²) in [6.45, 7) is 2.40. The van der Waals surface area contributed by atoms with E-state index in [-0.39, 0.29) is 0 Å². The van der Waals surface area contributed by atoms with Crippen LogP contribution in [0, 0.1) is 0 Å². The quantitative estimate of drug-likeness (QED) is 0.209. The third-order valence-electron chi connectivity index (χ3n) is 7.65. The second kappa shape index (κ2) is 10.0. The van der Waals surface area contributed by atoms with Crippen LogP contribution >= 0.6 is 0 Å². The zero-order chi connectivity index (χ0) is 25.1. The first-order valence-corrected chi connectivity index (χ1v) is 15.3. The Hall–Kier alpha value is -4.20. The topological polar surface area (TPSA) is 0 Å². The highest BCUT2D eigenvalue weighted by molar-refractivity contribution is 7.22. The summed E-state index contributed by atoms with van der Waals surface area (Å²) < 4.78 is 0. The second-order valence-corrected chi connectivity index (χ2v) is 13.7. The van der Waals surface area contributed by atoms with Gasteiger partial charge in [-0.15, -0.1) is 0 Å². The molecule has 0 saturated heterocycles. The first-order chi connectivity index (χ1) is 18.3. The molecule has 0 saturated carbocycles. The zero-order valence-electron chi connectivity index (χ0n) is 21.1. The molecule has 0 amide bonds. The summed E-state index contributed by atoms with van der Waals surface area (Å²) >= 11 is 0. The van der Waals surface area contributed by atoms with Crippen molar-refractivity contribution in [3.8, 4) is 0 Å². The zero-order valence-corrected chi connectivity index (χ0v) is 22.1. The highest BCUT2D eigenvalue weighted by atomic mass is 28.3. The van der Waals surface area contributed by atoms with Crippen molar-refractivity contribution in [2.24, 2.45) is 0 Å². The Kier molecular flexibility index (Phi) is 6.30. The number of allylic oxidation sites excluding steroid dienone is 2. The van der Waals surface area contributed by atoms with E-state index in [1.54, 1.807) is 0 Å². The molecule has 0 spiro atoms. The van der Waals surface area contributed by atoms with Crippen LogP contribution in [0.15, 0.2) is 152 Å². The highest BCUT2D eigenvalue weighted by Crippen LogP contribution is 2.56. The van der Waals surface area contributed by atoms with E-state index in [1.165, 1.54) is 49.0 Å². The van der Waals surface area contributed by atoms with Crippen LogP contribution in [0.4, 0.5) is 0 Å². The van der Waals surface area contributed by atoms with Crippen molar-refractivity contribution in [3.05, 3.63) is 174 Å². The van der Waals surface area contributed by atoms with Gasteiger partial charge in [0.25, 0.3) is 0 Å². The van der Waals surface area contributed by atoms with Crippen molar-refractivity contribution < 1.29 is 0 Å². The Bertz CT molecular complexity index is 1450. The maximum Gasteiger partial charge on any atom is 0.151 e. The average Bonchev–Trinajstić information content (AvgIpc) is 3.31. The lowest BCUT2D eigenvalue weighted by Gasteiger charge is -2.34. The minimum atomic E-state index is -2.46. The molecule has 37 heavy (non-hydrogen) atoms. The van der Waals surface area contributed by atoms with E-state index in [0.29, 0.717) is 0 Å². The van der Waals surface area contributed by atoms with Gasteiger partial charge in [0.15, 0.2) is 8.07 Å². The Morgan fingerprint density at radius 1 is 0.378 bits per heavy atom. The summed E-state index contributed by atoms with van der Waals surface area (Å²) in [5.41, 5.74) is 8.00. The third-order valence-corrected chi connectivity index (χ3v) is 12.8. The fourth-order valence-electron chi connectivity index (χ4n) is 6.15. The maximum atomic E-state index is 2.40. The number of hydrogen-bond acceptors (Lipinski definition) is 0. The van der Waals surface area contributed by atoms with Gasteiger partial charge in [-0.1, -0.05) is 159 Å². The molecule has 0 atom stereocenters. The summed E-state index contributed by atoms with van der Waals surface area (Å²) in [5, 5.41) is 4.51. The number of benzene rings is 5. The summed E-state index contributed by atoms with van der Waals surface area (Å²) in [4.78, 5) is 0. The van der Waals surface area contributed by atoms with Crippen LogP contribution in [0.25, 0.3) is 21.5 Å². The Balaban J connectivity index is 1.85. The molecule has 1 heterocycles. The molecule has 0 N–H and O–H groups in total. The van der Waals surface area contributed by atoms with E-state index >= 15 is 0 Å². The molecule has 0 bridgehead atoms. The number of rotatable bonds is 6. The van der Waals surface area contributed by atoms with E-state index in [1.807, 2.05) is 0 Å². The maximum absolute atomic E-state index is 2.46. The van der Waals surface area contributed by atoms with Crippen LogP contribution in [0.1, 0.15) is 29.2 Å². The standard InChI is InChI=1S/C36H30Si/c1-2-37(32-26-16-7-17-27-32)35(30-22-12-5-13-23-30)33(28-18-8-3-9-19-28)34(29-20-10-4-11-21-29)36(37)31-24-14-6-15-25-31/h3-27H,2H2,1H3. The molecular weight excluding hydrogens is 460 g/mol. The minimum absolute atomic E-state index is 1.08. The second-order valence-electron chi connectivity index (χ2n) is 9.59. The predicted octanol–water partition coefficient (Wildman–Crippen LogP) is 8.68. The summed E-state index contributed by atoms with van der Waals surface area (Å²) in [7, 11) is -2.46. The molecule has 0 radical (unpaired) electrons. The molecule has 5 aromatic rings. The fraction of sp³-hybridized carbons (Fsp3) is 0.0556. The molecule has 5 aromatic carbocycles. The SMILES string of the molecule is CC[Si]1(c2ccccc2)C(c2ccccc2)=C(c2ccccc2)C(c2ccccc2)=C1c1ccccc1. The monoisotopic (exact) mass is 490 g/mol. The van der Waals surface area contributed by atoms with Gasteiger partial charge in [0.05, 0.1) is 0 Å². The molecule has 0 aliphatic carbocycles. The van der Waals surface area contributed by atoms with Gasteiger partial charge in [-0.2, -0.15) is 0 Å². The molecule has 1 aliphatic rings. The third kappa shape index (κ3) is 3.93. The first kappa shape index (κ1) is 23.2. The van der Waals surface area contributed by atoms with E-state index < -0.39 is 8.07 Å². The van der Waals surface area contributed by atoms with Gasteiger partial charge >= 0.3 is 0 Å². The molecule has 0 aromatic heterocycles. The van der Waals surface area contributed by atoms with Gasteiger partial charge in [0, 0.05) is 0 Å². The van der Waals surface area contributed by atoms with Crippen LogP contribution in [0.5, 0.6) is 0 Å². The van der Waals surface area contributed by atoms with Crippen LogP contribution in [0.3, 0.4) is 0 Å². The van der Waals surface area contributed by atoms with E-state index in [2.05, 4.69) is 159 Å². The van der Waals surface area contributed by atoms with Crippen molar-refractivity contribution in [1.29, 1.82) is 0 Å². The van der Waals surface area contributed by atoms with Gasteiger partial charge in [0.1, 0.15) is 0 Å². The van der Waals surface area contributed by atoms with Crippen molar-refractivity contribution in [1.82, 2.24) is 0 Å². The molecular formula is C36H30Si. The Labute approximate surface area is 221 Å². The van der Waals surface area contributed by atoms with Crippen molar-refractivity contribution in [3.63, 3.8) is 0 Å². The van der Waals surface area contributed by atoms with Crippen molar-refractivity contribution >= 4 is 34.8 Å². The molecule has 6 rings (SSSR count). The first-order valence-electron chi connectivity index (χ1n) is 13.1. The lowest BCUT2D eigenvalue weighted by atomic mass is 9.89. The fourth-order valence-corrected chi connectivity index (χ4v) is 11.6. The van der Waals surface area contributed by atoms with Crippen LogP contribution in [-0.4, -0.2) is 8.07 Å². The summed E-state index contributed by atoms with van der Waals surface area (Å²) in [6, 6.07) is 56.7. The lowest BCUT2D eigenvalue weighted by molar-refractivity contribution is 1.41. The smallest absolute Gasteiger partial charge is 0.0669 e. The van der Waals surface area contributed by atoms with Gasteiger partial charge in [-0.05, 0) is 55.0 Å². The summed E-state index contributed by atoms with van der Waals surface area (Å²) in [5.74, 6) is 0. The van der Waals surface area contributed by atoms with Gasteiger partial charge in [-0.25, -0.2) is 0 Å². The Morgan fingerprint density at radius 3 is 1.00 bits per heavy atom. The molecule has 1 heteroatoms. The summed E-state index contributed by atoms with van der Waals surface area (Å²) in [6.07, 6.45) is 0. The van der Waals surface area contributed by atoms with E-state index in [0.717, 1.165) is 6.04 Å². The van der Waals surface area contributed by atoms with Crippen LogP contribution in [-0.2, 0) is 0 Å². The van der Waals surface area contributed by atoms with Crippen molar-refractivity contribution in [2.75, 3.05) is 0 Å². The van der Waals surface area contributed by atoms with Crippen LogP contribution in [0.2, 0.25) is 6.04 Å². The average molecular weight is 491 g/mol. The van der Waals surface area contributed by atoms with Gasteiger partial charge < -0.3 is 0 Å². The lowest BCUT2D eigenvalue weighted by Crippen LogP contribution is -2.49. The molecule has 1 aliphatic heterocycles. The molecule has 0 unspecified atom stereocenters. The van der Waals surface area contributed by atoms with E-state index in [9.17, 15) is 0 Å².